The van der Waals surface area contributed by atoms with Crippen molar-refractivity contribution in [3.63, 3.8) is 0 Å². The van der Waals surface area contributed by atoms with Gasteiger partial charge < -0.3 is 15.1 Å². The van der Waals surface area contributed by atoms with Crippen LogP contribution in [0.15, 0.2) is 0 Å². The summed E-state index contributed by atoms with van der Waals surface area (Å²) in [6, 6.07) is 0. The van der Waals surface area contributed by atoms with E-state index < -0.39 is 11.6 Å². The van der Waals surface area contributed by atoms with Gasteiger partial charge in [0.15, 0.2) is 0 Å². The number of piperidine rings is 1. The lowest BCUT2D eigenvalue weighted by Crippen LogP contribution is -2.45. The van der Waals surface area contributed by atoms with Gasteiger partial charge in [0.05, 0.1) is 5.60 Å². The van der Waals surface area contributed by atoms with Crippen molar-refractivity contribution in [2.45, 2.75) is 51.0 Å². The van der Waals surface area contributed by atoms with Crippen molar-refractivity contribution in [2.75, 3.05) is 13.1 Å². The molecule has 1 saturated heterocycles. The van der Waals surface area contributed by atoms with Gasteiger partial charge in [0.25, 0.3) is 0 Å². The zero-order chi connectivity index (χ0) is 12.9. The molecule has 0 aromatic rings. The number of carboxylic acid groups (broad SMARTS) is 1. The van der Waals surface area contributed by atoms with Gasteiger partial charge in [-0.2, -0.15) is 0 Å². The van der Waals surface area contributed by atoms with Gasteiger partial charge in [-0.3, -0.25) is 9.59 Å². The molecular formula is C12H21NO4. The van der Waals surface area contributed by atoms with Gasteiger partial charge in [0.2, 0.25) is 5.91 Å². The molecule has 0 unspecified atom stereocenters. The molecule has 1 rings (SSSR count). The summed E-state index contributed by atoms with van der Waals surface area (Å²) in [6.45, 7) is 3.00. The minimum Gasteiger partial charge on any atom is -0.481 e. The third-order valence-corrected chi connectivity index (χ3v) is 3.22. The Morgan fingerprint density at radius 2 is 1.71 bits per heavy atom. The SMILES string of the molecule is CC1(O)CCN(C(=O)CCCCC(=O)O)CC1. The third kappa shape index (κ3) is 5.17. The predicted octanol–water partition coefficient (Wildman–Crippen LogP) is 1.00. The van der Waals surface area contributed by atoms with Crippen molar-refractivity contribution < 1.29 is 19.8 Å². The summed E-state index contributed by atoms with van der Waals surface area (Å²) >= 11 is 0. The monoisotopic (exact) mass is 243 g/mol. The van der Waals surface area contributed by atoms with Gasteiger partial charge >= 0.3 is 5.97 Å². The number of nitrogens with zero attached hydrogens (tertiary/aromatic N) is 1. The fourth-order valence-corrected chi connectivity index (χ4v) is 1.95. The van der Waals surface area contributed by atoms with Crippen molar-refractivity contribution >= 4 is 11.9 Å². The van der Waals surface area contributed by atoms with E-state index in [1.54, 1.807) is 11.8 Å². The van der Waals surface area contributed by atoms with Crippen molar-refractivity contribution in [3.05, 3.63) is 0 Å². The van der Waals surface area contributed by atoms with Crippen LogP contribution in [-0.4, -0.2) is 45.7 Å². The molecule has 0 radical (unpaired) electrons. The topological polar surface area (TPSA) is 77.8 Å². The molecule has 0 spiro atoms. The first kappa shape index (κ1) is 14.0. The Morgan fingerprint density at radius 1 is 1.18 bits per heavy atom. The normalized spacial score (nSPS) is 19.1. The predicted molar refractivity (Wildman–Crippen MR) is 62.5 cm³/mol. The lowest BCUT2D eigenvalue weighted by atomic mass is 9.93. The quantitative estimate of drug-likeness (QED) is 0.706. The van der Waals surface area contributed by atoms with Gasteiger partial charge in [-0.1, -0.05) is 0 Å². The Balaban J connectivity index is 2.18. The molecule has 0 saturated carbocycles. The van der Waals surface area contributed by atoms with Crippen LogP contribution in [0.5, 0.6) is 0 Å². The standard InChI is InChI=1S/C12H21NO4/c1-12(17)6-8-13(9-7-12)10(14)4-2-3-5-11(15)16/h17H,2-9H2,1H3,(H,15,16). The number of aliphatic carboxylic acids is 1. The maximum atomic E-state index is 11.8. The Hall–Kier alpha value is -1.10. The van der Waals surface area contributed by atoms with Crippen LogP contribution in [0, 0.1) is 0 Å². The van der Waals surface area contributed by atoms with E-state index in [4.69, 9.17) is 5.11 Å². The molecule has 5 nitrogen and oxygen atoms in total. The molecule has 1 amide bonds. The summed E-state index contributed by atoms with van der Waals surface area (Å²) in [4.78, 5) is 23.8. The van der Waals surface area contributed by atoms with E-state index in [2.05, 4.69) is 0 Å². The molecule has 5 heteroatoms. The number of hydrogen-bond acceptors (Lipinski definition) is 3. The molecule has 98 valence electrons. The Labute approximate surface area is 101 Å². The Morgan fingerprint density at radius 3 is 2.24 bits per heavy atom. The summed E-state index contributed by atoms with van der Waals surface area (Å²) in [6.07, 6.45) is 2.95. The number of rotatable bonds is 5. The first-order chi connectivity index (χ1) is 7.91. The van der Waals surface area contributed by atoms with Crippen LogP contribution in [0.25, 0.3) is 0 Å². The first-order valence-corrected chi connectivity index (χ1v) is 6.13. The zero-order valence-corrected chi connectivity index (χ0v) is 10.3. The minimum atomic E-state index is -0.813. The highest BCUT2D eigenvalue weighted by atomic mass is 16.4. The molecule has 0 aliphatic carbocycles. The number of likely N-dealkylation sites (tertiary alicyclic amines) is 1. The fourth-order valence-electron chi connectivity index (χ4n) is 1.95. The second-order valence-electron chi connectivity index (χ2n) is 4.98. The molecule has 1 aliphatic heterocycles. The lowest BCUT2D eigenvalue weighted by molar-refractivity contribution is -0.138. The van der Waals surface area contributed by atoms with E-state index in [1.807, 2.05) is 0 Å². The van der Waals surface area contributed by atoms with E-state index in [9.17, 15) is 14.7 Å². The Kier molecular flexibility index (Phi) is 4.93. The number of aliphatic hydroxyl groups is 1. The molecular weight excluding hydrogens is 222 g/mol. The van der Waals surface area contributed by atoms with Crippen LogP contribution < -0.4 is 0 Å². The van der Waals surface area contributed by atoms with Gasteiger partial charge in [-0.15, -0.1) is 0 Å². The van der Waals surface area contributed by atoms with Gasteiger partial charge in [-0.05, 0) is 32.6 Å². The highest BCUT2D eigenvalue weighted by Gasteiger charge is 2.29. The van der Waals surface area contributed by atoms with Crippen LogP contribution in [0.2, 0.25) is 0 Å². The first-order valence-electron chi connectivity index (χ1n) is 6.13. The number of unbranched alkanes of at least 4 members (excludes halogenated alkanes) is 1. The van der Waals surface area contributed by atoms with Crippen molar-refractivity contribution in [3.8, 4) is 0 Å². The van der Waals surface area contributed by atoms with E-state index >= 15 is 0 Å². The van der Waals surface area contributed by atoms with Crippen LogP contribution >= 0.6 is 0 Å². The fraction of sp³-hybridized carbons (Fsp3) is 0.833. The molecule has 17 heavy (non-hydrogen) atoms. The number of carboxylic acids is 1. The average molecular weight is 243 g/mol. The smallest absolute Gasteiger partial charge is 0.303 e. The molecule has 1 aliphatic rings. The minimum absolute atomic E-state index is 0.0749. The molecule has 1 heterocycles. The molecule has 0 aromatic carbocycles. The molecule has 0 bridgehead atoms. The van der Waals surface area contributed by atoms with E-state index in [0.717, 1.165) is 0 Å². The second-order valence-corrected chi connectivity index (χ2v) is 4.98. The zero-order valence-electron chi connectivity index (χ0n) is 10.3. The van der Waals surface area contributed by atoms with Crippen molar-refractivity contribution in [2.24, 2.45) is 0 Å². The summed E-state index contributed by atoms with van der Waals surface area (Å²) in [5, 5.41) is 18.2. The van der Waals surface area contributed by atoms with Gasteiger partial charge in [-0.25, -0.2) is 0 Å². The lowest BCUT2D eigenvalue weighted by Gasteiger charge is -2.35. The maximum absolute atomic E-state index is 11.8. The summed E-state index contributed by atoms with van der Waals surface area (Å²) in [7, 11) is 0. The van der Waals surface area contributed by atoms with Crippen molar-refractivity contribution in [1.29, 1.82) is 0 Å². The van der Waals surface area contributed by atoms with E-state index in [0.29, 0.717) is 45.2 Å². The van der Waals surface area contributed by atoms with Crippen LogP contribution in [-0.2, 0) is 9.59 Å². The number of carbonyl (C=O) groups is 2. The van der Waals surface area contributed by atoms with Crippen molar-refractivity contribution in [1.82, 2.24) is 4.90 Å². The number of hydrogen-bond donors (Lipinski definition) is 2. The highest BCUT2D eigenvalue weighted by Crippen LogP contribution is 2.21. The molecule has 0 aromatic heterocycles. The van der Waals surface area contributed by atoms with E-state index in [1.165, 1.54) is 0 Å². The summed E-state index contributed by atoms with van der Waals surface area (Å²) in [5.74, 6) is -0.739. The van der Waals surface area contributed by atoms with Crippen LogP contribution in [0.3, 0.4) is 0 Å². The van der Waals surface area contributed by atoms with Gasteiger partial charge in [0.1, 0.15) is 0 Å². The Bertz CT molecular complexity index is 278. The largest absolute Gasteiger partial charge is 0.481 e. The van der Waals surface area contributed by atoms with Crippen LogP contribution in [0.4, 0.5) is 0 Å². The summed E-state index contributed by atoms with van der Waals surface area (Å²) < 4.78 is 0. The van der Waals surface area contributed by atoms with Crippen LogP contribution in [0.1, 0.15) is 45.4 Å². The molecule has 1 fully saturated rings. The number of amides is 1. The highest BCUT2D eigenvalue weighted by molar-refractivity contribution is 5.76. The van der Waals surface area contributed by atoms with E-state index in [-0.39, 0.29) is 12.3 Å². The molecule has 2 N–H and O–H groups in total. The average Bonchev–Trinajstić information content (AvgIpc) is 2.23. The number of carbonyl (C=O) groups excluding carboxylic acids is 1. The maximum Gasteiger partial charge on any atom is 0.303 e. The second kappa shape index (κ2) is 6.00. The molecule has 0 atom stereocenters. The van der Waals surface area contributed by atoms with Gasteiger partial charge in [0, 0.05) is 25.9 Å². The summed E-state index contributed by atoms with van der Waals surface area (Å²) in [5.41, 5.74) is -0.639. The third-order valence-electron chi connectivity index (χ3n) is 3.22.